The first-order valence-electron chi connectivity index (χ1n) is 5.83. The average Bonchev–Trinajstić information content (AvgIpc) is 2.95. The van der Waals surface area contributed by atoms with Gasteiger partial charge in [0.15, 0.2) is 0 Å². The molecule has 0 atom stereocenters. The summed E-state index contributed by atoms with van der Waals surface area (Å²) in [4.78, 5) is 10.4. The topological polar surface area (TPSA) is 94.0 Å². The SMILES string of the molecule is CCn1nc(-c2nnc(SCCC(=O)O)o2)cc1C. The average molecular weight is 282 g/mol. The van der Waals surface area contributed by atoms with E-state index in [0.29, 0.717) is 22.6 Å². The third kappa shape index (κ3) is 3.34. The van der Waals surface area contributed by atoms with E-state index in [1.165, 1.54) is 11.8 Å². The molecule has 8 heteroatoms. The summed E-state index contributed by atoms with van der Waals surface area (Å²) in [6, 6.07) is 1.88. The zero-order valence-corrected chi connectivity index (χ0v) is 11.5. The van der Waals surface area contributed by atoms with E-state index in [1.54, 1.807) is 0 Å². The number of aliphatic carboxylic acids is 1. The van der Waals surface area contributed by atoms with Gasteiger partial charge >= 0.3 is 5.97 Å². The Kier molecular flexibility index (Phi) is 4.20. The summed E-state index contributed by atoms with van der Waals surface area (Å²) in [5.41, 5.74) is 1.66. The summed E-state index contributed by atoms with van der Waals surface area (Å²) in [6.45, 7) is 4.74. The fourth-order valence-corrected chi connectivity index (χ4v) is 2.22. The van der Waals surface area contributed by atoms with E-state index in [0.717, 1.165) is 12.2 Å². The Balaban J connectivity index is 2.05. The van der Waals surface area contributed by atoms with Crippen LogP contribution in [0.25, 0.3) is 11.6 Å². The Morgan fingerprint density at radius 3 is 2.95 bits per heavy atom. The van der Waals surface area contributed by atoms with Crippen molar-refractivity contribution in [3.63, 3.8) is 0 Å². The predicted octanol–water partition coefficient (Wildman–Crippen LogP) is 1.83. The van der Waals surface area contributed by atoms with Gasteiger partial charge in [-0.3, -0.25) is 9.48 Å². The molecule has 1 N–H and O–H groups in total. The molecule has 0 bridgehead atoms. The number of carboxylic acids is 1. The van der Waals surface area contributed by atoms with Crippen molar-refractivity contribution in [2.24, 2.45) is 0 Å². The van der Waals surface area contributed by atoms with Gasteiger partial charge in [0.05, 0.1) is 6.42 Å². The van der Waals surface area contributed by atoms with Gasteiger partial charge in [-0.05, 0) is 19.9 Å². The van der Waals surface area contributed by atoms with E-state index in [9.17, 15) is 4.79 Å². The minimum Gasteiger partial charge on any atom is -0.481 e. The van der Waals surface area contributed by atoms with Crippen LogP contribution in [0.15, 0.2) is 15.7 Å². The molecule has 7 nitrogen and oxygen atoms in total. The molecule has 2 heterocycles. The van der Waals surface area contributed by atoms with Gasteiger partial charge in [0.25, 0.3) is 11.1 Å². The summed E-state index contributed by atoms with van der Waals surface area (Å²) >= 11 is 1.23. The highest BCUT2D eigenvalue weighted by molar-refractivity contribution is 7.99. The molecule has 0 aromatic carbocycles. The minimum atomic E-state index is -0.843. The molecule has 0 saturated carbocycles. The smallest absolute Gasteiger partial charge is 0.304 e. The van der Waals surface area contributed by atoms with Crippen molar-refractivity contribution >= 4 is 17.7 Å². The van der Waals surface area contributed by atoms with Gasteiger partial charge in [-0.2, -0.15) is 5.10 Å². The number of thioether (sulfide) groups is 1. The van der Waals surface area contributed by atoms with E-state index in [-0.39, 0.29) is 6.42 Å². The van der Waals surface area contributed by atoms with Gasteiger partial charge in [-0.25, -0.2) is 0 Å². The van der Waals surface area contributed by atoms with Crippen molar-refractivity contribution in [3.05, 3.63) is 11.8 Å². The summed E-state index contributed by atoms with van der Waals surface area (Å²) in [6.07, 6.45) is 0.0615. The molecule has 2 rings (SSSR count). The number of carbonyl (C=O) groups is 1. The summed E-state index contributed by atoms with van der Waals surface area (Å²) in [7, 11) is 0. The lowest BCUT2D eigenvalue weighted by Gasteiger charge is -1.95. The second-order valence-corrected chi connectivity index (χ2v) is 4.90. The molecule has 0 amide bonds. The van der Waals surface area contributed by atoms with Crippen molar-refractivity contribution in [2.75, 3.05) is 5.75 Å². The number of rotatable bonds is 6. The molecule has 2 aromatic rings. The highest BCUT2D eigenvalue weighted by Gasteiger charge is 2.13. The van der Waals surface area contributed by atoms with Crippen molar-refractivity contribution < 1.29 is 14.3 Å². The molecule has 19 heavy (non-hydrogen) atoms. The standard InChI is InChI=1S/C11H14N4O3S/c1-3-15-7(2)6-8(14-15)10-12-13-11(18-10)19-5-4-9(16)17/h6H,3-5H2,1-2H3,(H,16,17). The molecule has 0 fully saturated rings. The molecule has 0 radical (unpaired) electrons. The second kappa shape index (κ2) is 5.87. The van der Waals surface area contributed by atoms with E-state index >= 15 is 0 Å². The van der Waals surface area contributed by atoms with Crippen LogP contribution in [-0.2, 0) is 11.3 Å². The van der Waals surface area contributed by atoms with E-state index in [2.05, 4.69) is 15.3 Å². The molecule has 2 aromatic heterocycles. The van der Waals surface area contributed by atoms with Crippen molar-refractivity contribution in [2.45, 2.75) is 32.0 Å². The monoisotopic (exact) mass is 282 g/mol. The van der Waals surface area contributed by atoms with Crippen LogP contribution in [0.5, 0.6) is 0 Å². The van der Waals surface area contributed by atoms with Crippen molar-refractivity contribution in [1.82, 2.24) is 20.0 Å². The zero-order valence-electron chi connectivity index (χ0n) is 10.7. The number of hydrogen-bond acceptors (Lipinski definition) is 6. The van der Waals surface area contributed by atoms with Gasteiger partial charge in [0.1, 0.15) is 5.69 Å². The third-order valence-electron chi connectivity index (χ3n) is 2.45. The van der Waals surface area contributed by atoms with E-state index in [4.69, 9.17) is 9.52 Å². The molecule has 0 spiro atoms. The van der Waals surface area contributed by atoms with E-state index < -0.39 is 5.97 Å². The first-order chi connectivity index (χ1) is 9.10. The van der Waals surface area contributed by atoms with Crippen LogP contribution in [0.3, 0.4) is 0 Å². The Bertz CT molecular complexity index is 578. The molecule has 0 aliphatic heterocycles. The fraction of sp³-hybridized carbons (Fsp3) is 0.455. The summed E-state index contributed by atoms with van der Waals surface area (Å²) in [5, 5.41) is 21.0. The lowest BCUT2D eigenvalue weighted by Crippen LogP contribution is -1.98. The van der Waals surface area contributed by atoms with Gasteiger partial charge < -0.3 is 9.52 Å². The van der Waals surface area contributed by atoms with Crippen LogP contribution in [-0.4, -0.2) is 36.8 Å². The molecular formula is C11H14N4O3S. The van der Waals surface area contributed by atoms with E-state index in [1.807, 2.05) is 24.6 Å². The molecule has 0 unspecified atom stereocenters. The molecule has 0 saturated heterocycles. The Hall–Kier alpha value is -1.83. The first kappa shape index (κ1) is 13.6. The number of aryl methyl sites for hydroxylation is 2. The van der Waals surface area contributed by atoms with Gasteiger partial charge in [-0.1, -0.05) is 11.8 Å². The van der Waals surface area contributed by atoms with Crippen LogP contribution in [0.2, 0.25) is 0 Å². The normalized spacial score (nSPS) is 10.8. The van der Waals surface area contributed by atoms with Crippen molar-refractivity contribution in [3.8, 4) is 11.6 Å². The number of hydrogen-bond donors (Lipinski definition) is 1. The minimum absolute atomic E-state index is 0.0615. The molecular weight excluding hydrogens is 268 g/mol. The summed E-state index contributed by atoms with van der Waals surface area (Å²) < 4.78 is 7.28. The Labute approximate surface area is 114 Å². The number of nitrogens with zero attached hydrogens (tertiary/aromatic N) is 4. The van der Waals surface area contributed by atoms with Gasteiger partial charge in [-0.15, -0.1) is 10.2 Å². The maximum Gasteiger partial charge on any atom is 0.304 e. The van der Waals surface area contributed by atoms with Crippen LogP contribution in [0, 0.1) is 6.92 Å². The second-order valence-electron chi connectivity index (χ2n) is 3.85. The highest BCUT2D eigenvalue weighted by atomic mass is 32.2. The van der Waals surface area contributed by atoms with Crippen LogP contribution in [0.1, 0.15) is 19.0 Å². The quantitative estimate of drug-likeness (QED) is 0.807. The number of carboxylic acid groups (broad SMARTS) is 1. The lowest BCUT2D eigenvalue weighted by molar-refractivity contribution is -0.136. The lowest BCUT2D eigenvalue weighted by atomic mass is 10.4. The maximum absolute atomic E-state index is 10.4. The fourth-order valence-electron chi connectivity index (χ4n) is 1.53. The van der Waals surface area contributed by atoms with Gasteiger partial charge in [0, 0.05) is 18.0 Å². The number of aromatic nitrogens is 4. The highest BCUT2D eigenvalue weighted by Crippen LogP contribution is 2.23. The van der Waals surface area contributed by atoms with Gasteiger partial charge in [0.2, 0.25) is 0 Å². The zero-order chi connectivity index (χ0) is 13.8. The van der Waals surface area contributed by atoms with Crippen LogP contribution >= 0.6 is 11.8 Å². The molecule has 0 aliphatic carbocycles. The molecule has 0 aliphatic rings. The predicted molar refractivity (Wildman–Crippen MR) is 68.9 cm³/mol. The maximum atomic E-state index is 10.4. The summed E-state index contributed by atoms with van der Waals surface area (Å²) in [5.74, 6) is -0.0861. The third-order valence-corrected chi connectivity index (χ3v) is 3.27. The Morgan fingerprint density at radius 2 is 2.32 bits per heavy atom. The first-order valence-corrected chi connectivity index (χ1v) is 6.81. The Morgan fingerprint density at radius 1 is 1.53 bits per heavy atom. The molecule has 102 valence electrons. The van der Waals surface area contributed by atoms with Crippen LogP contribution in [0.4, 0.5) is 0 Å². The van der Waals surface area contributed by atoms with Crippen LogP contribution < -0.4 is 0 Å². The van der Waals surface area contributed by atoms with Crippen molar-refractivity contribution in [1.29, 1.82) is 0 Å². The largest absolute Gasteiger partial charge is 0.481 e.